The van der Waals surface area contributed by atoms with Crippen molar-refractivity contribution in [1.82, 2.24) is 0 Å². The average molecular weight is 981 g/mol. The van der Waals surface area contributed by atoms with Gasteiger partial charge < -0.3 is 64.2 Å². The summed E-state index contributed by atoms with van der Waals surface area (Å²) >= 11 is 0. The topological polar surface area (TPSA) is 231 Å². The Kier molecular flexibility index (Phi) is 36.8. The lowest BCUT2D eigenvalue weighted by molar-refractivity contribution is -0.332. The molecule has 11 atom stereocenters. The van der Waals surface area contributed by atoms with Gasteiger partial charge >= 0.3 is 11.9 Å². The van der Waals surface area contributed by atoms with Crippen molar-refractivity contribution in [1.29, 1.82) is 0 Å². The molecule has 2 aliphatic rings. The zero-order valence-corrected chi connectivity index (χ0v) is 42.0. The quantitative estimate of drug-likeness (QED) is 0.0178. The van der Waals surface area contributed by atoms with Gasteiger partial charge in [-0.3, -0.25) is 9.59 Å². The number of rotatable bonds is 40. The summed E-state index contributed by atoms with van der Waals surface area (Å²) in [6, 6.07) is 0. The van der Waals surface area contributed by atoms with Gasteiger partial charge in [-0.05, 0) is 51.4 Å². The summed E-state index contributed by atoms with van der Waals surface area (Å²) < 4.78 is 33.5. The van der Waals surface area contributed by atoms with Gasteiger partial charge in [0.05, 0.1) is 19.8 Å². The zero-order valence-electron chi connectivity index (χ0n) is 42.0. The molecule has 15 nitrogen and oxygen atoms in total. The Labute approximate surface area is 413 Å². The number of aliphatic hydroxyl groups is 7. The third-order valence-corrected chi connectivity index (χ3v) is 12.3. The summed E-state index contributed by atoms with van der Waals surface area (Å²) in [6.45, 7) is 2.42. The third-order valence-electron chi connectivity index (χ3n) is 12.3. The predicted octanol–water partition coefficient (Wildman–Crippen LogP) is 7.66. The minimum atomic E-state index is -1.77. The van der Waals surface area contributed by atoms with Gasteiger partial charge in [-0.25, -0.2) is 0 Å². The van der Waals surface area contributed by atoms with Gasteiger partial charge in [0, 0.05) is 12.8 Å². The van der Waals surface area contributed by atoms with E-state index in [4.69, 9.17) is 28.4 Å². The van der Waals surface area contributed by atoms with Crippen LogP contribution in [0.2, 0.25) is 0 Å². The van der Waals surface area contributed by atoms with Gasteiger partial charge in [0.1, 0.15) is 55.4 Å². The first-order valence-corrected chi connectivity index (χ1v) is 26.4. The smallest absolute Gasteiger partial charge is 0.306 e. The Morgan fingerprint density at radius 3 is 1.42 bits per heavy atom. The number of carbonyl (C=O) groups excluding carboxylic acids is 2. The highest BCUT2D eigenvalue weighted by atomic mass is 16.7. The monoisotopic (exact) mass is 981 g/mol. The lowest BCUT2D eigenvalue weighted by Gasteiger charge is -2.42. The van der Waals surface area contributed by atoms with Crippen LogP contribution < -0.4 is 0 Å². The van der Waals surface area contributed by atoms with Crippen LogP contribution in [0.15, 0.2) is 60.8 Å². The van der Waals surface area contributed by atoms with E-state index in [1.54, 1.807) is 0 Å². The van der Waals surface area contributed by atoms with E-state index in [0.29, 0.717) is 19.3 Å². The molecule has 0 bridgehead atoms. The molecule has 2 aliphatic heterocycles. The lowest BCUT2D eigenvalue weighted by atomic mass is 9.98. The molecule has 0 spiro atoms. The number of aliphatic hydroxyl groups excluding tert-OH is 7. The van der Waals surface area contributed by atoms with Crippen molar-refractivity contribution in [3.8, 4) is 0 Å². The predicted molar refractivity (Wildman–Crippen MR) is 266 cm³/mol. The van der Waals surface area contributed by atoms with Gasteiger partial charge in [-0.1, -0.05) is 171 Å². The summed E-state index contributed by atoms with van der Waals surface area (Å²) in [4.78, 5) is 25.8. The number of esters is 2. The number of allylic oxidation sites excluding steroid dienone is 10. The SMILES string of the molecule is CC/C=C/C/C=C/C/C=C/C/C=C/C/C=C/CCCC(=O)OC[C@@H](CO[C@@H]1O[C@H](CO[C@@H]2O[C@H](CO)[C@H](O)C(O)C2O)[C@H](O)C(O)C1O)OC(=O)CCCCCCCCCCCCCCCCCC. The van der Waals surface area contributed by atoms with E-state index in [2.05, 4.69) is 62.5 Å². The van der Waals surface area contributed by atoms with E-state index in [9.17, 15) is 45.3 Å². The van der Waals surface area contributed by atoms with Gasteiger partial charge in [0.2, 0.25) is 0 Å². The van der Waals surface area contributed by atoms with Crippen LogP contribution >= 0.6 is 0 Å². The van der Waals surface area contributed by atoms with Crippen molar-refractivity contribution < 1.29 is 73.8 Å². The van der Waals surface area contributed by atoms with Crippen molar-refractivity contribution in [2.75, 3.05) is 26.4 Å². The summed E-state index contributed by atoms with van der Waals surface area (Å²) in [5, 5.41) is 72.1. The molecule has 15 heteroatoms. The Balaban J connectivity index is 1.82. The molecule has 2 heterocycles. The van der Waals surface area contributed by atoms with E-state index >= 15 is 0 Å². The van der Waals surface area contributed by atoms with Gasteiger partial charge in [0.25, 0.3) is 0 Å². The van der Waals surface area contributed by atoms with Gasteiger partial charge in [-0.2, -0.15) is 0 Å². The average Bonchev–Trinajstić information content (AvgIpc) is 3.34. The van der Waals surface area contributed by atoms with Crippen molar-refractivity contribution in [3.05, 3.63) is 60.8 Å². The molecule has 0 saturated carbocycles. The minimum Gasteiger partial charge on any atom is -0.462 e. The largest absolute Gasteiger partial charge is 0.462 e. The lowest BCUT2D eigenvalue weighted by Crippen LogP contribution is -2.61. The standard InChI is InChI=1S/C54H92O15/c1-3-5-7-9-11-13-15-17-19-21-23-24-26-28-30-32-34-36-45(56)64-39-42(67-46(57)37-35-33-31-29-27-25-22-20-18-16-14-12-10-8-6-4-2)40-65-53-52(63)50(61)48(59)44(69-53)41-66-54-51(62)49(60)47(58)43(38-55)68-54/h5,7,11,13,17,19,23-24,28,30,42-44,47-55,58-63H,3-4,6,8-10,12,14-16,18,20-22,25-27,29,31-41H2,1-2H3/b7-5+,13-11+,19-17+,24-23+,30-28+/t42-,43+,44+,47-,48-,49?,50?,51?,52?,53+,54+/m0/s1. The molecule has 0 aromatic heterocycles. The molecule has 2 fully saturated rings. The number of ether oxygens (including phenoxy) is 6. The van der Waals surface area contributed by atoms with Crippen LogP contribution in [0.3, 0.4) is 0 Å². The van der Waals surface area contributed by atoms with Crippen LogP contribution in [-0.4, -0.2) is 142 Å². The van der Waals surface area contributed by atoms with E-state index in [1.807, 2.05) is 12.2 Å². The number of carbonyl (C=O) groups is 2. The first kappa shape index (κ1) is 62.3. The summed E-state index contributed by atoms with van der Waals surface area (Å²) in [5.41, 5.74) is 0. The fourth-order valence-corrected chi connectivity index (χ4v) is 7.96. The van der Waals surface area contributed by atoms with Crippen molar-refractivity contribution in [2.24, 2.45) is 0 Å². The van der Waals surface area contributed by atoms with E-state index in [0.717, 1.165) is 51.4 Å². The molecule has 7 N–H and O–H groups in total. The second kappa shape index (κ2) is 40.8. The summed E-state index contributed by atoms with van der Waals surface area (Å²) in [7, 11) is 0. The fraction of sp³-hybridized carbons (Fsp3) is 0.778. The summed E-state index contributed by atoms with van der Waals surface area (Å²) in [6.07, 6.45) is 29.7. The molecule has 2 rings (SSSR count). The first-order valence-electron chi connectivity index (χ1n) is 26.4. The van der Waals surface area contributed by atoms with Crippen LogP contribution in [0, 0.1) is 0 Å². The molecule has 0 aromatic rings. The molecular weight excluding hydrogens is 889 g/mol. The maximum absolute atomic E-state index is 13.0. The Hall–Kier alpha value is -2.80. The molecule has 69 heavy (non-hydrogen) atoms. The normalized spacial score (nSPS) is 26.0. The molecule has 0 aromatic carbocycles. The van der Waals surface area contributed by atoms with Crippen molar-refractivity contribution >= 4 is 11.9 Å². The van der Waals surface area contributed by atoms with Crippen LogP contribution in [-0.2, 0) is 38.0 Å². The van der Waals surface area contributed by atoms with Crippen LogP contribution in [0.1, 0.15) is 174 Å². The Morgan fingerprint density at radius 1 is 0.478 bits per heavy atom. The van der Waals surface area contributed by atoms with Gasteiger partial charge in [0.15, 0.2) is 18.7 Å². The minimum absolute atomic E-state index is 0.139. The zero-order chi connectivity index (χ0) is 50.3. The molecule has 0 aliphatic carbocycles. The number of hydrogen-bond donors (Lipinski definition) is 7. The highest BCUT2D eigenvalue weighted by Crippen LogP contribution is 2.26. The highest BCUT2D eigenvalue weighted by molar-refractivity contribution is 5.70. The molecule has 2 saturated heterocycles. The van der Waals surface area contributed by atoms with E-state index in [-0.39, 0.29) is 19.4 Å². The molecular formula is C54H92O15. The molecule has 0 radical (unpaired) electrons. The van der Waals surface area contributed by atoms with Crippen LogP contribution in [0.5, 0.6) is 0 Å². The molecule has 0 amide bonds. The number of hydrogen-bond acceptors (Lipinski definition) is 15. The van der Waals surface area contributed by atoms with Gasteiger partial charge in [-0.15, -0.1) is 0 Å². The number of unbranched alkanes of at least 4 members (excludes halogenated alkanes) is 16. The summed E-state index contributed by atoms with van der Waals surface area (Å²) in [5.74, 6) is -0.992. The molecule has 4 unspecified atom stereocenters. The van der Waals surface area contributed by atoms with Crippen molar-refractivity contribution in [2.45, 2.75) is 242 Å². The van der Waals surface area contributed by atoms with Crippen LogP contribution in [0.25, 0.3) is 0 Å². The Morgan fingerprint density at radius 2 is 0.913 bits per heavy atom. The van der Waals surface area contributed by atoms with E-state index in [1.165, 1.54) is 77.0 Å². The third kappa shape index (κ3) is 28.7. The van der Waals surface area contributed by atoms with Crippen molar-refractivity contribution in [3.63, 3.8) is 0 Å². The maximum Gasteiger partial charge on any atom is 0.306 e. The fourth-order valence-electron chi connectivity index (χ4n) is 7.96. The highest BCUT2D eigenvalue weighted by Gasteiger charge is 2.47. The van der Waals surface area contributed by atoms with E-state index < -0.39 is 99.3 Å². The molecule has 398 valence electrons. The Bertz CT molecular complexity index is 1430. The first-order chi connectivity index (χ1) is 33.5. The van der Waals surface area contributed by atoms with Crippen LogP contribution in [0.4, 0.5) is 0 Å². The second-order valence-corrected chi connectivity index (χ2v) is 18.3. The maximum atomic E-state index is 13.0. The second-order valence-electron chi connectivity index (χ2n) is 18.3.